The molecule has 1 aromatic heterocycles. The molecular formula is C18H17N3O5. The van der Waals surface area contributed by atoms with Crippen LogP contribution in [-0.4, -0.2) is 24.9 Å². The summed E-state index contributed by atoms with van der Waals surface area (Å²) in [4.78, 5) is 16.0. The van der Waals surface area contributed by atoms with E-state index in [9.17, 15) is 9.90 Å². The maximum absolute atomic E-state index is 12.6. The van der Waals surface area contributed by atoms with Crippen molar-refractivity contribution in [3.05, 3.63) is 64.6 Å². The topological polar surface area (TPSA) is 104 Å². The van der Waals surface area contributed by atoms with Crippen LogP contribution in [0.1, 0.15) is 12.6 Å². The van der Waals surface area contributed by atoms with Gasteiger partial charge in [-0.15, -0.1) is 0 Å². The van der Waals surface area contributed by atoms with Gasteiger partial charge in [0.2, 0.25) is 5.69 Å². The summed E-state index contributed by atoms with van der Waals surface area (Å²) in [5.41, 5.74) is -0.209. The van der Waals surface area contributed by atoms with Crippen molar-refractivity contribution in [3.63, 3.8) is 0 Å². The highest BCUT2D eigenvalue weighted by atomic mass is 16.5. The molecule has 0 radical (unpaired) electrons. The fourth-order valence-electron chi connectivity index (χ4n) is 2.36. The molecular weight excluding hydrogens is 338 g/mol. The molecule has 3 aromatic rings. The Morgan fingerprint density at radius 1 is 1.23 bits per heavy atom. The number of rotatable bonds is 6. The molecule has 134 valence electrons. The summed E-state index contributed by atoms with van der Waals surface area (Å²) in [7, 11) is 1.55. The van der Waals surface area contributed by atoms with Gasteiger partial charge in [0.15, 0.2) is 0 Å². The Balaban J connectivity index is 2.04. The fraction of sp³-hybridized carbons (Fsp3) is 0.167. The van der Waals surface area contributed by atoms with Crippen molar-refractivity contribution in [1.29, 1.82) is 0 Å². The SMILES string of the molecule is CCOc1ccccc1N=C([O-])c1c(=O)o[nH][n+]1-c1ccc(OC)cc1. The van der Waals surface area contributed by atoms with Crippen LogP contribution >= 0.6 is 0 Å². The van der Waals surface area contributed by atoms with E-state index in [4.69, 9.17) is 14.0 Å². The smallest absolute Gasteiger partial charge is 0.436 e. The van der Waals surface area contributed by atoms with Crippen LogP contribution in [0.5, 0.6) is 11.5 Å². The molecule has 0 amide bonds. The highest BCUT2D eigenvalue weighted by molar-refractivity contribution is 5.89. The lowest BCUT2D eigenvalue weighted by Gasteiger charge is -2.09. The van der Waals surface area contributed by atoms with Gasteiger partial charge in [0, 0.05) is 12.1 Å². The Kier molecular flexibility index (Phi) is 5.02. The van der Waals surface area contributed by atoms with E-state index >= 15 is 0 Å². The Hall–Kier alpha value is -3.55. The van der Waals surface area contributed by atoms with Crippen molar-refractivity contribution in [2.24, 2.45) is 4.99 Å². The van der Waals surface area contributed by atoms with Crippen molar-refractivity contribution in [2.45, 2.75) is 6.92 Å². The quantitative estimate of drug-likeness (QED) is 0.405. The van der Waals surface area contributed by atoms with Crippen LogP contribution in [0, 0.1) is 0 Å². The van der Waals surface area contributed by atoms with Crippen LogP contribution in [-0.2, 0) is 0 Å². The van der Waals surface area contributed by atoms with Crippen molar-refractivity contribution >= 4 is 11.6 Å². The molecule has 8 nitrogen and oxygen atoms in total. The molecule has 3 rings (SSSR count). The minimum Gasteiger partial charge on any atom is -0.854 e. The lowest BCUT2D eigenvalue weighted by Crippen LogP contribution is -2.44. The first kappa shape index (κ1) is 17.3. The molecule has 1 N–H and O–H groups in total. The highest BCUT2D eigenvalue weighted by Gasteiger charge is 2.24. The van der Waals surface area contributed by atoms with E-state index in [0.29, 0.717) is 29.5 Å². The summed E-state index contributed by atoms with van der Waals surface area (Å²) >= 11 is 0. The van der Waals surface area contributed by atoms with Gasteiger partial charge in [0.1, 0.15) is 17.2 Å². The number of aromatic nitrogens is 2. The van der Waals surface area contributed by atoms with Gasteiger partial charge in [-0.3, -0.25) is 9.52 Å². The average Bonchev–Trinajstić information content (AvgIpc) is 3.05. The Bertz CT molecular complexity index is 973. The number of methoxy groups -OCH3 is 1. The van der Waals surface area contributed by atoms with Gasteiger partial charge in [-0.1, -0.05) is 12.1 Å². The largest absolute Gasteiger partial charge is 0.854 e. The molecule has 26 heavy (non-hydrogen) atoms. The number of hydrogen-bond donors (Lipinski definition) is 1. The zero-order valence-corrected chi connectivity index (χ0v) is 14.3. The Morgan fingerprint density at radius 2 is 1.96 bits per heavy atom. The van der Waals surface area contributed by atoms with E-state index in [1.807, 2.05) is 6.92 Å². The fourth-order valence-corrected chi connectivity index (χ4v) is 2.36. The number of hydrogen-bond acceptors (Lipinski definition) is 6. The van der Waals surface area contributed by atoms with Crippen LogP contribution in [0.2, 0.25) is 0 Å². The van der Waals surface area contributed by atoms with Crippen LogP contribution in [0.4, 0.5) is 5.69 Å². The first-order chi connectivity index (χ1) is 12.6. The second-order valence-electron chi connectivity index (χ2n) is 5.18. The molecule has 0 saturated carbocycles. The first-order valence-corrected chi connectivity index (χ1v) is 7.90. The predicted molar refractivity (Wildman–Crippen MR) is 91.2 cm³/mol. The molecule has 0 fully saturated rings. The van der Waals surface area contributed by atoms with Crippen LogP contribution in [0.3, 0.4) is 0 Å². The number of benzene rings is 2. The van der Waals surface area contributed by atoms with E-state index in [1.54, 1.807) is 55.6 Å². The summed E-state index contributed by atoms with van der Waals surface area (Å²) in [6, 6.07) is 13.6. The minimum absolute atomic E-state index is 0.249. The van der Waals surface area contributed by atoms with Crippen molar-refractivity contribution in [3.8, 4) is 17.2 Å². The summed E-state index contributed by atoms with van der Waals surface area (Å²) in [5.74, 6) is 0.352. The van der Waals surface area contributed by atoms with Gasteiger partial charge >= 0.3 is 11.3 Å². The van der Waals surface area contributed by atoms with Crippen molar-refractivity contribution < 1.29 is 23.8 Å². The summed E-state index contributed by atoms with van der Waals surface area (Å²) in [6.45, 7) is 2.26. The number of para-hydroxylation sites is 2. The van der Waals surface area contributed by atoms with E-state index < -0.39 is 11.5 Å². The molecule has 2 aromatic carbocycles. The summed E-state index contributed by atoms with van der Waals surface area (Å²) in [5, 5.41) is 15.0. The third-order valence-corrected chi connectivity index (χ3v) is 3.57. The maximum atomic E-state index is 12.6. The van der Waals surface area contributed by atoms with Crippen LogP contribution in [0.15, 0.2) is 62.8 Å². The molecule has 1 heterocycles. The number of H-pyrrole nitrogens is 1. The summed E-state index contributed by atoms with van der Waals surface area (Å²) < 4.78 is 16.6. The lowest BCUT2D eigenvalue weighted by atomic mass is 10.3. The maximum Gasteiger partial charge on any atom is 0.436 e. The zero-order chi connectivity index (χ0) is 18.5. The van der Waals surface area contributed by atoms with E-state index in [0.717, 1.165) is 0 Å². The molecule has 0 bridgehead atoms. The van der Waals surface area contributed by atoms with Crippen molar-refractivity contribution in [1.82, 2.24) is 5.27 Å². The Labute approximate surface area is 148 Å². The predicted octanol–water partition coefficient (Wildman–Crippen LogP) is 1.09. The zero-order valence-electron chi connectivity index (χ0n) is 14.3. The number of ether oxygens (including phenoxy) is 2. The van der Waals surface area contributed by atoms with Crippen LogP contribution < -0.4 is 24.9 Å². The van der Waals surface area contributed by atoms with Gasteiger partial charge in [-0.05, 0) is 41.1 Å². The molecule has 0 aliphatic heterocycles. The van der Waals surface area contributed by atoms with Crippen molar-refractivity contribution in [2.75, 3.05) is 13.7 Å². The first-order valence-electron chi connectivity index (χ1n) is 7.90. The summed E-state index contributed by atoms with van der Waals surface area (Å²) in [6.07, 6.45) is 0. The monoisotopic (exact) mass is 355 g/mol. The molecule has 0 atom stereocenters. The molecule has 0 aliphatic carbocycles. The molecule has 8 heteroatoms. The normalized spacial score (nSPS) is 11.4. The number of aromatic amines is 1. The molecule has 0 spiro atoms. The number of nitrogens with one attached hydrogen (secondary N) is 1. The van der Waals surface area contributed by atoms with E-state index in [2.05, 4.69) is 10.3 Å². The second-order valence-corrected chi connectivity index (χ2v) is 5.18. The van der Waals surface area contributed by atoms with E-state index in [-0.39, 0.29) is 5.69 Å². The van der Waals surface area contributed by atoms with E-state index in [1.165, 1.54) is 4.68 Å². The third-order valence-electron chi connectivity index (χ3n) is 3.57. The van der Waals surface area contributed by atoms with Gasteiger partial charge in [-0.2, -0.15) is 0 Å². The number of nitrogens with zero attached hydrogens (tertiary/aromatic N) is 2. The molecule has 0 aliphatic rings. The lowest BCUT2D eigenvalue weighted by molar-refractivity contribution is -0.673. The van der Waals surface area contributed by atoms with Gasteiger partial charge < -0.3 is 14.6 Å². The minimum atomic E-state index is -0.816. The van der Waals surface area contributed by atoms with Gasteiger partial charge in [-0.25, -0.2) is 4.79 Å². The van der Waals surface area contributed by atoms with Gasteiger partial charge in [0.05, 0.1) is 19.6 Å². The highest BCUT2D eigenvalue weighted by Crippen LogP contribution is 2.26. The molecule has 0 saturated heterocycles. The third kappa shape index (κ3) is 3.44. The number of aliphatic imine (C=N–C) groups is 1. The second kappa shape index (κ2) is 7.56. The standard InChI is InChI=1S/C18H17N3O5/c1-3-25-15-7-5-4-6-14(15)19-17(22)16-18(23)26-20-21(16)12-8-10-13(24-2)11-9-12/h4-11H,3H2,1-2H3,(H-,19,20,22,23). The Morgan fingerprint density at radius 3 is 2.65 bits per heavy atom. The average molecular weight is 355 g/mol. The molecule has 0 unspecified atom stereocenters. The van der Waals surface area contributed by atoms with Crippen LogP contribution in [0.25, 0.3) is 5.69 Å². The van der Waals surface area contributed by atoms with Gasteiger partial charge in [0.25, 0.3) is 0 Å².